The summed E-state index contributed by atoms with van der Waals surface area (Å²) in [6.07, 6.45) is 0. The Labute approximate surface area is 98.9 Å². The van der Waals surface area contributed by atoms with Gasteiger partial charge in [-0.3, -0.25) is 0 Å². The summed E-state index contributed by atoms with van der Waals surface area (Å²) in [6, 6.07) is 5.50. The van der Waals surface area contributed by atoms with Crippen LogP contribution in [0.25, 0.3) is 11.0 Å². The van der Waals surface area contributed by atoms with Crippen molar-refractivity contribution in [3.05, 3.63) is 29.6 Å². The Bertz CT molecular complexity index is 499. The first-order valence-corrected chi connectivity index (χ1v) is 5.78. The maximum absolute atomic E-state index is 5.68. The number of thiol groups is 2. The lowest BCUT2D eigenvalue weighted by Gasteiger charge is -2.06. The van der Waals surface area contributed by atoms with Gasteiger partial charge in [0.1, 0.15) is 0 Å². The molecule has 2 rings (SSSR count). The van der Waals surface area contributed by atoms with Crippen molar-refractivity contribution in [2.24, 2.45) is 0 Å². The average molecular weight is 237 g/mol. The van der Waals surface area contributed by atoms with E-state index in [0.717, 1.165) is 22.4 Å². The molecule has 1 heterocycles. The standard InChI is InChI=1S/C10H11N3S2/c11-6-1-2-7-8(3-6)13-10(5-15)9(4-14)12-7/h1-3,14-15H,4-5,11H2. The number of aromatic nitrogens is 2. The lowest BCUT2D eigenvalue weighted by molar-refractivity contribution is 1.08. The Balaban J connectivity index is 2.69. The number of anilines is 1. The van der Waals surface area contributed by atoms with Crippen LogP contribution in [0.3, 0.4) is 0 Å². The van der Waals surface area contributed by atoms with Crippen molar-refractivity contribution in [3.63, 3.8) is 0 Å². The van der Waals surface area contributed by atoms with E-state index in [1.165, 1.54) is 0 Å². The number of hydrogen-bond acceptors (Lipinski definition) is 5. The van der Waals surface area contributed by atoms with Gasteiger partial charge < -0.3 is 5.73 Å². The van der Waals surface area contributed by atoms with Crippen LogP contribution in [0.2, 0.25) is 0 Å². The van der Waals surface area contributed by atoms with Crippen molar-refractivity contribution < 1.29 is 0 Å². The SMILES string of the molecule is Nc1ccc2nc(CS)c(CS)nc2c1. The van der Waals surface area contributed by atoms with E-state index in [9.17, 15) is 0 Å². The van der Waals surface area contributed by atoms with Crippen molar-refractivity contribution >= 4 is 42.0 Å². The van der Waals surface area contributed by atoms with Gasteiger partial charge in [0.05, 0.1) is 22.4 Å². The predicted molar refractivity (Wildman–Crippen MR) is 69.3 cm³/mol. The second-order valence-electron chi connectivity index (χ2n) is 3.18. The Kier molecular flexibility index (Phi) is 3.02. The van der Waals surface area contributed by atoms with Crippen molar-refractivity contribution in [2.75, 3.05) is 5.73 Å². The van der Waals surface area contributed by atoms with Crippen molar-refractivity contribution in [1.82, 2.24) is 9.97 Å². The molecule has 5 heteroatoms. The molecule has 2 N–H and O–H groups in total. The number of nitrogen functional groups attached to an aromatic ring is 1. The highest BCUT2D eigenvalue weighted by Crippen LogP contribution is 2.18. The summed E-state index contributed by atoms with van der Waals surface area (Å²) in [7, 11) is 0. The number of benzene rings is 1. The second-order valence-corrected chi connectivity index (χ2v) is 3.81. The van der Waals surface area contributed by atoms with Crippen LogP contribution < -0.4 is 5.73 Å². The summed E-state index contributed by atoms with van der Waals surface area (Å²) < 4.78 is 0. The van der Waals surface area contributed by atoms with Gasteiger partial charge in [0.25, 0.3) is 0 Å². The number of nitrogens with zero attached hydrogens (tertiary/aromatic N) is 2. The molecule has 2 aromatic rings. The highest BCUT2D eigenvalue weighted by Gasteiger charge is 2.06. The van der Waals surface area contributed by atoms with Gasteiger partial charge in [0.15, 0.2) is 0 Å². The average Bonchev–Trinajstić information content (AvgIpc) is 2.27. The van der Waals surface area contributed by atoms with E-state index in [1.54, 1.807) is 0 Å². The zero-order chi connectivity index (χ0) is 10.8. The minimum absolute atomic E-state index is 0.563. The topological polar surface area (TPSA) is 51.8 Å². The van der Waals surface area contributed by atoms with Crippen molar-refractivity contribution in [1.29, 1.82) is 0 Å². The fourth-order valence-electron chi connectivity index (χ4n) is 1.40. The summed E-state index contributed by atoms with van der Waals surface area (Å²) in [4.78, 5) is 8.92. The Morgan fingerprint density at radius 2 is 1.60 bits per heavy atom. The zero-order valence-corrected chi connectivity index (χ0v) is 9.80. The third-order valence-corrected chi connectivity index (χ3v) is 2.74. The third kappa shape index (κ3) is 2.03. The summed E-state index contributed by atoms with van der Waals surface area (Å²) >= 11 is 8.44. The highest BCUT2D eigenvalue weighted by molar-refractivity contribution is 7.79. The van der Waals surface area contributed by atoms with Gasteiger partial charge in [-0.15, -0.1) is 0 Å². The third-order valence-electron chi connectivity index (χ3n) is 2.14. The molecular weight excluding hydrogens is 226 g/mol. The van der Waals surface area contributed by atoms with Gasteiger partial charge in [-0.2, -0.15) is 25.3 Å². The maximum atomic E-state index is 5.68. The van der Waals surface area contributed by atoms with Crippen LogP contribution in [-0.4, -0.2) is 9.97 Å². The van der Waals surface area contributed by atoms with Crippen molar-refractivity contribution in [2.45, 2.75) is 11.5 Å². The lowest BCUT2D eigenvalue weighted by Crippen LogP contribution is -1.99. The van der Waals surface area contributed by atoms with Gasteiger partial charge in [-0.25, -0.2) is 9.97 Å². The van der Waals surface area contributed by atoms with Gasteiger partial charge in [-0.1, -0.05) is 0 Å². The Morgan fingerprint density at radius 1 is 1.00 bits per heavy atom. The summed E-state index contributed by atoms with van der Waals surface area (Å²) in [5, 5.41) is 0. The van der Waals surface area contributed by atoms with Gasteiger partial charge in [-0.05, 0) is 18.2 Å². The molecule has 0 unspecified atom stereocenters. The molecule has 0 saturated heterocycles. The Hall–Kier alpha value is -0.940. The number of hydrogen-bond donors (Lipinski definition) is 3. The quantitative estimate of drug-likeness (QED) is 0.553. The van der Waals surface area contributed by atoms with Crippen LogP contribution in [0.4, 0.5) is 5.69 Å². The van der Waals surface area contributed by atoms with Gasteiger partial charge >= 0.3 is 0 Å². The van der Waals surface area contributed by atoms with Gasteiger partial charge in [0, 0.05) is 17.2 Å². The molecule has 0 saturated carbocycles. The molecule has 0 aliphatic carbocycles. The van der Waals surface area contributed by atoms with Crippen LogP contribution >= 0.6 is 25.3 Å². The first kappa shape index (κ1) is 10.6. The fraction of sp³-hybridized carbons (Fsp3) is 0.200. The van der Waals surface area contributed by atoms with E-state index in [-0.39, 0.29) is 0 Å². The molecule has 0 bridgehead atoms. The van der Waals surface area contributed by atoms with E-state index in [0.29, 0.717) is 17.2 Å². The molecule has 1 aromatic carbocycles. The molecule has 0 fully saturated rings. The molecular formula is C10H11N3S2. The number of nitrogens with two attached hydrogens (primary N) is 1. The first-order valence-electron chi connectivity index (χ1n) is 4.51. The molecule has 0 spiro atoms. The summed E-state index contributed by atoms with van der Waals surface area (Å²) in [5.74, 6) is 1.14. The molecule has 3 nitrogen and oxygen atoms in total. The molecule has 78 valence electrons. The van der Waals surface area contributed by atoms with E-state index < -0.39 is 0 Å². The zero-order valence-electron chi connectivity index (χ0n) is 8.01. The molecule has 15 heavy (non-hydrogen) atoms. The smallest absolute Gasteiger partial charge is 0.0911 e. The Morgan fingerprint density at radius 3 is 2.20 bits per heavy atom. The molecule has 0 atom stereocenters. The minimum atomic E-state index is 0.563. The summed E-state index contributed by atoms with van der Waals surface area (Å²) in [5.41, 5.74) is 9.78. The van der Waals surface area contributed by atoms with E-state index in [4.69, 9.17) is 5.73 Å². The van der Waals surface area contributed by atoms with Gasteiger partial charge in [0.2, 0.25) is 0 Å². The fourth-order valence-corrected chi connectivity index (χ4v) is 1.90. The van der Waals surface area contributed by atoms with E-state index in [2.05, 4.69) is 35.2 Å². The second kappa shape index (κ2) is 4.28. The largest absolute Gasteiger partial charge is 0.399 e. The summed E-state index contributed by atoms with van der Waals surface area (Å²) in [6.45, 7) is 0. The molecule has 0 radical (unpaired) electrons. The monoisotopic (exact) mass is 237 g/mol. The molecule has 0 amide bonds. The lowest BCUT2D eigenvalue weighted by atomic mass is 10.2. The maximum Gasteiger partial charge on any atom is 0.0911 e. The predicted octanol–water partition coefficient (Wildman–Crippen LogP) is 2.07. The number of fused-ring (bicyclic) bond motifs is 1. The minimum Gasteiger partial charge on any atom is -0.399 e. The molecule has 0 aliphatic heterocycles. The van der Waals surface area contributed by atoms with Crippen LogP contribution in [0.15, 0.2) is 18.2 Å². The van der Waals surface area contributed by atoms with Crippen LogP contribution in [0, 0.1) is 0 Å². The molecule has 1 aromatic heterocycles. The van der Waals surface area contributed by atoms with Crippen LogP contribution in [0.1, 0.15) is 11.4 Å². The highest BCUT2D eigenvalue weighted by atomic mass is 32.1. The molecule has 0 aliphatic rings. The normalized spacial score (nSPS) is 10.8. The van der Waals surface area contributed by atoms with Crippen LogP contribution in [-0.2, 0) is 11.5 Å². The van der Waals surface area contributed by atoms with E-state index >= 15 is 0 Å². The van der Waals surface area contributed by atoms with Crippen molar-refractivity contribution in [3.8, 4) is 0 Å². The number of rotatable bonds is 2. The van der Waals surface area contributed by atoms with E-state index in [1.807, 2.05) is 18.2 Å². The van der Waals surface area contributed by atoms with Crippen LogP contribution in [0.5, 0.6) is 0 Å². The first-order chi connectivity index (χ1) is 7.24.